The lowest BCUT2D eigenvalue weighted by molar-refractivity contribution is -0.136. The molecule has 0 aliphatic rings. The molecule has 3 rings (SSSR count). The molecule has 0 amide bonds. The first-order valence-electron chi connectivity index (χ1n) is 9.23. The summed E-state index contributed by atoms with van der Waals surface area (Å²) < 4.78 is 37.3. The summed E-state index contributed by atoms with van der Waals surface area (Å²) in [5, 5.41) is 9.06. The van der Waals surface area contributed by atoms with Crippen LogP contribution in [-0.4, -0.2) is 31.1 Å². The summed E-state index contributed by atoms with van der Waals surface area (Å²) in [6.45, 7) is 3.95. The minimum Gasteiger partial charge on any atom is -0.494 e. The normalized spacial score (nSPS) is 11.1. The summed E-state index contributed by atoms with van der Waals surface area (Å²) in [5.41, 5.74) is 1.20. The van der Waals surface area contributed by atoms with Gasteiger partial charge in [-0.2, -0.15) is 0 Å². The van der Waals surface area contributed by atoms with Crippen LogP contribution in [0, 0.1) is 6.92 Å². The van der Waals surface area contributed by atoms with Gasteiger partial charge in [-0.15, -0.1) is 0 Å². The number of rotatable bonds is 8. The van der Waals surface area contributed by atoms with E-state index in [0.717, 1.165) is 5.56 Å². The molecule has 3 aromatic rings. The summed E-state index contributed by atoms with van der Waals surface area (Å²) in [6, 6.07) is 13.9. The van der Waals surface area contributed by atoms with Gasteiger partial charge in [0.25, 0.3) is 0 Å². The first kappa shape index (κ1) is 21.3. The Morgan fingerprint density at radius 1 is 1.03 bits per heavy atom. The summed E-state index contributed by atoms with van der Waals surface area (Å²) in [7, 11) is -3.88. The van der Waals surface area contributed by atoms with Crippen LogP contribution in [-0.2, 0) is 21.1 Å². The fourth-order valence-electron chi connectivity index (χ4n) is 2.83. The SMILES string of the molecule is CCOc1cc(CC(=O)O)cc(S(=O)(=O)c2ccc(Oc3ncccc3C)cc2)c1. The number of hydrogen-bond acceptors (Lipinski definition) is 6. The number of hydrogen-bond donors (Lipinski definition) is 1. The standard InChI is InChI=1S/C22H21NO6S/c1-3-28-18-11-16(13-21(24)25)12-20(14-18)30(26,27)19-8-6-17(7-9-19)29-22-15(2)5-4-10-23-22/h4-12,14H,3,13H2,1-2H3,(H,24,25). The number of pyridine rings is 1. The molecular weight excluding hydrogens is 406 g/mol. The van der Waals surface area contributed by atoms with Crippen molar-refractivity contribution in [2.24, 2.45) is 0 Å². The average Bonchev–Trinajstić information content (AvgIpc) is 2.70. The Labute approximate surface area is 174 Å². The number of carboxylic acid groups (broad SMARTS) is 1. The van der Waals surface area contributed by atoms with Gasteiger partial charge in [-0.25, -0.2) is 13.4 Å². The maximum absolute atomic E-state index is 13.1. The summed E-state index contributed by atoms with van der Waals surface area (Å²) in [6.07, 6.45) is 1.31. The van der Waals surface area contributed by atoms with Crippen LogP contribution in [0.15, 0.2) is 70.6 Å². The second kappa shape index (κ2) is 8.96. The maximum Gasteiger partial charge on any atom is 0.307 e. The van der Waals surface area contributed by atoms with Crippen LogP contribution in [0.25, 0.3) is 0 Å². The lowest BCUT2D eigenvalue weighted by Gasteiger charge is -2.11. The minimum absolute atomic E-state index is 0.0288. The number of aryl methyl sites for hydroxylation is 1. The van der Waals surface area contributed by atoms with E-state index in [1.54, 1.807) is 31.3 Å². The zero-order chi connectivity index (χ0) is 21.7. The molecule has 0 bridgehead atoms. The molecule has 7 nitrogen and oxygen atoms in total. The Hall–Kier alpha value is -3.39. The van der Waals surface area contributed by atoms with Crippen LogP contribution in [0.5, 0.6) is 17.4 Å². The van der Waals surface area contributed by atoms with Gasteiger partial charge in [-0.05, 0) is 67.9 Å². The predicted molar refractivity (Wildman–Crippen MR) is 110 cm³/mol. The van der Waals surface area contributed by atoms with Crippen molar-refractivity contribution in [1.29, 1.82) is 0 Å². The smallest absolute Gasteiger partial charge is 0.307 e. The fraction of sp³-hybridized carbons (Fsp3) is 0.182. The molecular formula is C22H21NO6S. The van der Waals surface area contributed by atoms with E-state index in [0.29, 0.717) is 29.5 Å². The third kappa shape index (κ3) is 4.96. The molecule has 0 unspecified atom stereocenters. The number of nitrogens with zero attached hydrogens (tertiary/aromatic N) is 1. The highest BCUT2D eigenvalue weighted by Gasteiger charge is 2.20. The number of aliphatic carboxylic acids is 1. The number of carbonyl (C=O) groups is 1. The second-order valence-electron chi connectivity index (χ2n) is 6.52. The largest absolute Gasteiger partial charge is 0.494 e. The Morgan fingerprint density at radius 2 is 1.77 bits per heavy atom. The van der Waals surface area contributed by atoms with Gasteiger partial charge in [0.1, 0.15) is 11.5 Å². The quantitative estimate of drug-likeness (QED) is 0.579. The van der Waals surface area contributed by atoms with Crippen molar-refractivity contribution in [3.63, 3.8) is 0 Å². The number of sulfone groups is 1. The van der Waals surface area contributed by atoms with Crippen molar-refractivity contribution >= 4 is 15.8 Å². The monoisotopic (exact) mass is 427 g/mol. The van der Waals surface area contributed by atoms with Gasteiger partial charge in [0.2, 0.25) is 15.7 Å². The van der Waals surface area contributed by atoms with E-state index in [-0.39, 0.29) is 16.2 Å². The van der Waals surface area contributed by atoms with Crippen molar-refractivity contribution in [3.05, 3.63) is 71.9 Å². The van der Waals surface area contributed by atoms with Crippen molar-refractivity contribution in [3.8, 4) is 17.4 Å². The molecule has 0 saturated carbocycles. The van der Waals surface area contributed by atoms with E-state index >= 15 is 0 Å². The first-order chi connectivity index (χ1) is 14.3. The van der Waals surface area contributed by atoms with Crippen molar-refractivity contribution in [1.82, 2.24) is 4.98 Å². The molecule has 8 heteroatoms. The fourth-order valence-corrected chi connectivity index (χ4v) is 4.17. The van der Waals surface area contributed by atoms with Gasteiger partial charge in [-0.3, -0.25) is 4.79 Å². The minimum atomic E-state index is -3.88. The van der Waals surface area contributed by atoms with Gasteiger partial charge < -0.3 is 14.6 Å². The van der Waals surface area contributed by atoms with Gasteiger partial charge >= 0.3 is 5.97 Å². The molecule has 0 radical (unpaired) electrons. The van der Waals surface area contributed by atoms with Gasteiger partial charge in [0.05, 0.1) is 22.8 Å². The van der Waals surface area contributed by atoms with E-state index in [9.17, 15) is 13.2 Å². The molecule has 0 aliphatic heterocycles. The first-order valence-corrected chi connectivity index (χ1v) is 10.7. The van der Waals surface area contributed by atoms with E-state index < -0.39 is 15.8 Å². The Morgan fingerprint density at radius 3 is 2.40 bits per heavy atom. The lowest BCUT2D eigenvalue weighted by Crippen LogP contribution is -2.06. The Balaban J connectivity index is 1.92. The molecule has 30 heavy (non-hydrogen) atoms. The average molecular weight is 427 g/mol. The van der Waals surface area contributed by atoms with Crippen molar-refractivity contribution in [2.75, 3.05) is 6.61 Å². The summed E-state index contributed by atoms with van der Waals surface area (Å²) >= 11 is 0. The molecule has 156 valence electrons. The Kier molecular flexibility index (Phi) is 6.37. The molecule has 0 atom stereocenters. The van der Waals surface area contributed by atoms with E-state index in [2.05, 4.69) is 4.98 Å². The number of aromatic nitrogens is 1. The third-order valence-corrected chi connectivity index (χ3v) is 5.98. The van der Waals surface area contributed by atoms with E-state index in [1.807, 2.05) is 13.0 Å². The molecule has 0 fully saturated rings. The topological polar surface area (TPSA) is 103 Å². The molecule has 0 saturated heterocycles. The highest BCUT2D eigenvalue weighted by atomic mass is 32.2. The number of benzene rings is 2. The van der Waals surface area contributed by atoms with Crippen LogP contribution in [0.1, 0.15) is 18.1 Å². The van der Waals surface area contributed by atoms with Crippen LogP contribution in [0.4, 0.5) is 0 Å². The highest BCUT2D eigenvalue weighted by Crippen LogP contribution is 2.29. The maximum atomic E-state index is 13.1. The van der Waals surface area contributed by atoms with Gasteiger partial charge in [0, 0.05) is 11.8 Å². The van der Waals surface area contributed by atoms with Crippen molar-refractivity contribution < 1.29 is 27.8 Å². The van der Waals surface area contributed by atoms with E-state index in [4.69, 9.17) is 14.6 Å². The molecule has 1 heterocycles. The van der Waals surface area contributed by atoms with Crippen LogP contribution in [0.3, 0.4) is 0 Å². The third-order valence-electron chi connectivity index (χ3n) is 4.23. The molecule has 2 aromatic carbocycles. The zero-order valence-electron chi connectivity index (χ0n) is 16.5. The lowest BCUT2D eigenvalue weighted by atomic mass is 10.1. The summed E-state index contributed by atoms with van der Waals surface area (Å²) in [4.78, 5) is 15.3. The highest BCUT2D eigenvalue weighted by molar-refractivity contribution is 7.91. The Bertz CT molecular complexity index is 1160. The molecule has 0 spiro atoms. The molecule has 1 N–H and O–H groups in total. The van der Waals surface area contributed by atoms with Crippen LogP contribution >= 0.6 is 0 Å². The molecule has 1 aromatic heterocycles. The molecule has 0 aliphatic carbocycles. The van der Waals surface area contributed by atoms with E-state index in [1.165, 1.54) is 30.3 Å². The van der Waals surface area contributed by atoms with Crippen LogP contribution < -0.4 is 9.47 Å². The number of carboxylic acids is 1. The van der Waals surface area contributed by atoms with Crippen LogP contribution in [0.2, 0.25) is 0 Å². The van der Waals surface area contributed by atoms with Gasteiger partial charge in [0.15, 0.2) is 0 Å². The predicted octanol–water partition coefficient (Wildman–Crippen LogP) is 4.04. The number of ether oxygens (including phenoxy) is 2. The van der Waals surface area contributed by atoms with Crippen molar-refractivity contribution in [2.45, 2.75) is 30.1 Å². The van der Waals surface area contributed by atoms with Gasteiger partial charge in [-0.1, -0.05) is 6.07 Å². The summed E-state index contributed by atoms with van der Waals surface area (Å²) in [5.74, 6) is 0.139. The zero-order valence-corrected chi connectivity index (χ0v) is 17.3. The second-order valence-corrected chi connectivity index (χ2v) is 8.47.